The molecule has 1 nitrogen and oxygen atoms in total. The zero-order chi connectivity index (χ0) is 14.1. The van der Waals surface area contributed by atoms with Crippen molar-refractivity contribution in [3.05, 3.63) is 62.4 Å². The van der Waals surface area contributed by atoms with Crippen molar-refractivity contribution in [2.75, 3.05) is 0 Å². The maximum atomic E-state index is 6.03. The van der Waals surface area contributed by atoms with Gasteiger partial charge in [0.1, 0.15) is 5.01 Å². The summed E-state index contributed by atoms with van der Waals surface area (Å²) in [6.07, 6.45) is 0. The Balaban J connectivity index is 1.99. The Morgan fingerprint density at radius 2 is 1.55 bits per heavy atom. The van der Waals surface area contributed by atoms with Gasteiger partial charge in [-0.1, -0.05) is 51.3 Å². The summed E-state index contributed by atoms with van der Waals surface area (Å²) in [5.74, 6) is 0. The van der Waals surface area contributed by atoms with Crippen LogP contribution >= 0.6 is 50.5 Å². The van der Waals surface area contributed by atoms with E-state index in [2.05, 4.69) is 20.9 Å². The predicted molar refractivity (Wildman–Crippen MR) is 90.7 cm³/mol. The van der Waals surface area contributed by atoms with Crippen LogP contribution in [-0.2, 0) is 0 Å². The topological polar surface area (TPSA) is 12.9 Å². The Labute approximate surface area is 139 Å². The van der Waals surface area contributed by atoms with E-state index in [1.54, 1.807) is 17.4 Å². The molecule has 0 atom stereocenters. The van der Waals surface area contributed by atoms with Crippen LogP contribution in [-0.4, -0.2) is 4.98 Å². The first-order valence-corrected chi connectivity index (χ1v) is 8.22. The zero-order valence-corrected chi connectivity index (χ0v) is 14.0. The van der Waals surface area contributed by atoms with E-state index in [1.807, 2.05) is 41.8 Å². The second kappa shape index (κ2) is 5.86. The molecule has 0 amide bonds. The maximum absolute atomic E-state index is 6.03. The SMILES string of the molecule is Clc1cc(Cl)cc(-c2nc(-c3ccc(Br)cc3)cs2)c1. The molecule has 0 N–H and O–H groups in total. The summed E-state index contributed by atoms with van der Waals surface area (Å²) in [6, 6.07) is 13.5. The zero-order valence-electron chi connectivity index (χ0n) is 10.1. The van der Waals surface area contributed by atoms with Crippen LogP contribution in [0.4, 0.5) is 0 Å². The molecule has 1 aromatic heterocycles. The van der Waals surface area contributed by atoms with E-state index in [0.29, 0.717) is 10.0 Å². The highest BCUT2D eigenvalue weighted by atomic mass is 79.9. The fourth-order valence-corrected chi connectivity index (χ4v) is 3.44. The Hall–Kier alpha value is -0.870. The molecule has 0 aliphatic carbocycles. The van der Waals surface area contributed by atoms with Crippen LogP contribution in [0.15, 0.2) is 52.3 Å². The molecule has 0 aliphatic rings. The summed E-state index contributed by atoms with van der Waals surface area (Å²) in [6.45, 7) is 0. The summed E-state index contributed by atoms with van der Waals surface area (Å²) in [4.78, 5) is 4.65. The number of nitrogens with zero attached hydrogens (tertiary/aromatic N) is 1. The van der Waals surface area contributed by atoms with E-state index < -0.39 is 0 Å². The van der Waals surface area contributed by atoms with Gasteiger partial charge in [0.25, 0.3) is 0 Å². The van der Waals surface area contributed by atoms with Crippen molar-refractivity contribution in [1.82, 2.24) is 4.98 Å². The van der Waals surface area contributed by atoms with E-state index in [-0.39, 0.29) is 0 Å². The molecule has 0 saturated carbocycles. The van der Waals surface area contributed by atoms with Crippen LogP contribution in [0.2, 0.25) is 10.0 Å². The van der Waals surface area contributed by atoms with Gasteiger partial charge >= 0.3 is 0 Å². The number of halogens is 3. The van der Waals surface area contributed by atoms with Crippen LogP contribution < -0.4 is 0 Å². The number of hydrogen-bond acceptors (Lipinski definition) is 2. The summed E-state index contributed by atoms with van der Waals surface area (Å²) >= 11 is 17.1. The van der Waals surface area contributed by atoms with Crippen molar-refractivity contribution in [2.24, 2.45) is 0 Å². The second-order valence-electron chi connectivity index (χ2n) is 4.20. The van der Waals surface area contributed by atoms with E-state index in [1.165, 1.54) is 0 Å². The lowest BCUT2D eigenvalue weighted by atomic mass is 10.2. The second-order valence-corrected chi connectivity index (χ2v) is 6.85. The highest BCUT2D eigenvalue weighted by Crippen LogP contribution is 2.32. The van der Waals surface area contributed by atoms with Gasteiger partial charge in [0.15, 0.2) is 0 Å². The normalized spacial score (nSPS) is 10.8. The molecule has 0 bridgehead atoms. The molecular formula is C15H8BrCl2NS. The van der Waals surface area contributed by atoms with Crippen LogP contribution in [0.1, 0.15) is 0 Å². The van der Waals surface area contributed by atoms with Crippen molar-refractivity contribution in [3.63, 3.8) is 0 Å². The molecule has 0 fully saturated rings. The van der Waals surface area contributed by atoms with Gasteiger partial charge in [0.05, 0.1) is 5.69 Å². The summed E-state index contributed by atoms with van der Waals surface area (Å²) in [7, 11) is 0. The van der Waals surface area contributed by atoms with E-state index in [0.717, 1.165) is 26.3 Å². The Morgan fingerprint density at radius 1 is 0.900 bits per heavy atom. The number of thiazole rings is 1. The molecule has 0 radical (unpaired) electrons. The first-order valence-electron chi connectivity index (χ1n) is 5.80. The molecule has 100 valence electrons. The van der Waals surface area contributed by atoms with Crippen molar-refractivity contribution < 1.29 is 0 Å². The Bertz CT molecular complexity index is 733. The predicted octanol–water partition coefficient (Wildman–Crippen LogP) is 6.55. The molecule has 3 rings (SSSR count). The Kier molecular flexibility index (Phi) is 4.13. The highest BCUT2D eigenvalue weighted by molar-refractivity contribution is 9.10. The molecule has 0 saturated heterocycles. The van der Waals surface area contributed by atoms with Gasteiger partial charge in [-0.2, -0.15) is 0 Å². The number of rotatable bonds is 2. The summed E-state index contributed by atoms with van der Waals surface area (Å²) in [5.41, 5.74) is 2.98. The van der Waals surface area contributed by atoms with Gasteiger partial charge in [-0.15, -0.1) is 11.3 Å². The van der Waals surface area contributed by atoms with Gasteiger partial charge in [-0.3, -0.25) is 0 Å². The highest BCUT2D eigenvalue weighted by Gasteiger charge is 2.08. The minimum Gasteiger partial charge on any atom is -0.236 e. The average molecular weight is 385 g/mol. The fraction of sp³-hybridized carbons (Fsp3) is 0. The van der Waals surface area contributed by atoms with Crippen molar-refractivity contribution in [2.45, 2.75) is 0 Å². The molecule has 2 aromatic carbocycles. The van der Waals surface area contributed by atoms with E-state index in [4.69, 9.17) is 23.2 Å². The van der Waals surface area contributed by atoms with Crippen LogP contribution in [0.5, 0.6) is 0 Å². The average Bonchev–Trinajstić information content (AvgIpc) is 2.88. The van der Waals surface area contributed by atoms with Crippen LogP contribution in [0.3, 0.4) is 0 Å². The van der Waals surface area contributed by atoms with Crippen LogP contribution in [0, 0.1) is 0 Å². The largest absolute Gasteiger partial charge is 0.236 e. The maximum Gasteiger partial charge on any atom is 0.124 e. The molecule has 1 heterocycles. The lowest BCUT2D eigenvalue weighted by Crippen LogP contribution is -1.80. The standard InChI is InChI=1S/C15H8BrCl2NS/c16-11-3-1-9(2-4-11)14-8-20-15(19-14)10-5-12(17)7-13(18)6-10/h1-8H. The molecular weight excluding hydrogens is 377 g/mol. The first kappa shape index (κ1) is 14.1. The fourth-order valence-electron chi connectivity index (χ4n) is 1.84. The monoisotopic (exact) mass is 383 g/mol. The molecule has 20 heavy (non-hydrogen) atoms. The van der Waals surface area contributed by atoms with Crippen molar-refractivity contribution in [1.29, 1.82) is 0 Å². The Morgan fingerprint density at radius 3 is 2.20 bits per heavy atom. The van der Waals surface area contributed by atoms with Gasteiger partial charge < -0.3 is 0 Å². The number of hydrogen-bond donors (Lipinski definition) is 0. The van der Waals surface area contributed by atoms with Gasteiger partial charge in [-0.25, -0.2) is 4.98 Å². The quantitative estimate of drug-likeness (QED) is 0.488. The number of benzene rings is 2. The third-order valence-corrected chi connectivity index (χ3v) is 4.61. The van der Waals surface area contributed by atoms with Crippen LogP contribution in [0.25, 0.3) is 21.8 Å². The van der Waals surface area contributed by atoms with Gasteiger partial charge in [-0.05, 0) is 30.3 Å². The summed E-state index contributed by atoms with van der Waals surface area (Å²) in [5, 5.41) is 4.18. The third kappa shape index (κ3) is 3.07. The molecule has 0 spiro atoms. The third-order valence-electron chi connectivity index (χ3n) is 2.75. The van der Waals surface area contributed by atoms with Crippen molar-refractivity contribution in [3.8, 4) is 21.8 Å². The van der Waals surface area contributed by atoms with Gasteiger partial charge in [0, 0.05) is 31.0 Å². The van der Waals surface area contributed by atoms with Crippen molar-refractivity contribution >= 4 is 50.5 Å². The molecule has 0 aliphatic heterocycles. The first-order chi connectivity index (χ1) is 9.61. The minimum absolute atomic E-state index is 0.618. The number of aromatic nitrogens is 1. The molecule has 0 unspecified atom stereocenters. The summed E-state index contributed by atoms with van der Waals surface area (Å²) < 4.78 is 1.05. The lowest BCUT2D eigenvalue weighted by molar-refractivity contribution is 1.40. The molecule has 5 heteroatoms. The van der Waals surface area contributed by atoms with E-state index >= 15 is 0 Å². The minimum atomic E-state index is 0.618. The molecule has 3 aromatic rings. The lowest BCUT2D eigenvalue weighted by Gasteiger charge is -1.99. The smallest absolute Gasteiger partial charge is 0.124 e. The van der Waals surface area contributed by atoms with E-state index in [9.17, 15) is 0 Å². The van der Waals surface area contributed by atoms with Gasteiger partial charge in [0.2, 0.25) is 0 Å².